The molecular formula is C18H28IN3OS. The number of nitrogens with zero attached hydrogens (tertiary/aromatic N) is 2. The Hall–Kier alpha value is -0.470. The van der Waals surface area contributed by atoms with Gasteiger partial charge in [0, 0.05) is 43.6 Å². The summed E-state index contributed by atoms with van der Waals surface area (Å²) in [6, 6.07) is 10.6. The predicted octanol–water partition coefficient (Wildman–Crippen LogP) is 3.47. The van der Waals surface area contributed by atoms with E-state index in [9.17, 15) is 0 Å². The third-order valence-corrected chi connectivity index (χ3v) is 5.85. The molecule has 0 aliphatic carbocycles. The highest BCUT2D eigenvalue weighted by atomic mass is 127. The monoisotopic (exact) mass is 461 g/mol. The van der Waals surface area contributed by atoms with Crippen molar-refractivity contribution in [3.8, 4) is 0 Å². The Balaban J connectivity index is 0.00000208. The van der Waals surface area contributed by atoms with Crippen LogP contribution in [0.1, 0.15) is 19.3 Å². The Morgan fingerprint density at radius 1 is 1.33 bits per heavy atom. The third kappa shape index (κ3) is 5.26. The van der Waals surface area contributed by atoms with E-state index in [1.165, 1.54) is 17.7 Å². The molecule has 1 spiro atoms. The SMILES string of the molecule is CN=C(NCCCSc1ccccc1)N1CCC2(CCOC2)C1.I. The molecule has 0 radical (unpaired) electrons. The van der Waals surface area contributed by atoms with Crippen LogP contribution in [-0.2, 0) is 4.74 Å². The average molecular weight is 461 g/mol. The Labute approximate surface area is 166 Å². The third-order valence-electron chi connectivity index (χ3n) is 4.75. The summed E-state index contributed by atoms with van der Waals surface area (Å²) in [6.45, 7) is 5.02. The smallest absolute Gasteiger partial charge is 0.193 e. The normalized spacial score (nSPS) is 23.5. The van der Waals surface area contributed by atoms with Gasteiger partial charge in [-0.1, -0.05) is 18.2 Å². The van der Waals surface area contributed by atoms with Crippen molar-refractivity contribution in [3.63, 3.8) is 0 Å². The van der Waals surface area contributed by atoms with Crippen molar-refractivity contribution in [3.05, 3.63) is 30.3 Å². The first-order valence-electron chi connectivity index (χ1n) is 8.53. The number of thioether (sulfide) groups is 1. The fraction of sp³-hybridized carbons (Fsp3) is 0.611. The molecule has 2 saturated heterocycles. The van der Waals surface area contributed by atoms with Crippen molar-refractivity contribution in [2.45, 2.75) is 24.2 Å². The van der Waals surface area contributed by atoms with Gasteiger partial charge in [0.25, 0.3) is 0 Å². The molecule has 1 atom stereocenters. The quantitative estimate of drug-likeness (QED) is 0.240. The van der Waals surface area contributed by atoms with Gasteiger partial charge in [-0.05, 0) is 37.1 Å². The van der Waals surface area contributed by atoms with Gasteiger partial charge in [0.1, 0.15) is 0 Å². The predicted molar refractivity (Wildman–Crippen MR) is 113 cm³/mol. The number of ether oxygens (including phenoxy) is 1. The molecule has 24 heavy (non-hydrogen) atoms. The van der Waals surface area contributed by atoms with Crippen LogP contribution in [0.25, 0.3) is 0 Å². The van der Waals surface area contributed by atoms with Crippen molar-refractivity contribution < 1.29 is 4.74 Å². The highest BCUT2D eigenvalue weighted by Crippen LogP contribution is 2.38. The maximum atomic E-state index is 5.61. The molecule has 1 unspecified atom stereocenters. The minimum atomic E-state index is 0. The van der Waals surface area contributed by atoms with Gasteiger partial charge in [-0.15, -0.1) is 35.7 Å². The van der Waals surface area contributed by atoms with E-state index in [0.29, 0.717) is 5.41 Å². The molecule has 0 aromatic heterocycles. The van der Waals surface area contributed by atoms with Crippen LogP contribution >= 0.6 is 35.7 Å². The van der Waals surface area contributed by atoms with Crippen LogP contribution in [0.5, 0.6) is 0 Å². The van der Waals surface area contributed by atoms with Gasteiger partial charge in [0.15, 0.2) is 5.96 Å². The van der Waals surface area contributed by atoms with Crippen LogP contribution < -0.4 is 5.32 Å². The second-order valence-corrected chi connectivity index (χ2v) is 7.63. The fourth-order valence-electron chi connectivity index (χ4n) is 3.40. The number of rotatable bonds is 5. The number of likely N-dealkylation sites (tertiary alicyclic amines) is 1. The summed E-state index contributed by atoms with van der Waals surface area (Å²) in [5, 5.41) is 3.53. The molecule has 0 saturated carbocycles. The van der Waals surface area contributed by atoms with Gasteiger partial charge in [0.05, 0.1) is 6.61 Å². The van der Waals surface area contributed by atoms with Crippen molar-refractivity contribution in [1.29, 1.82) is 0 Å². The molecule has 1 N–H and O–H groups in total. The molecule has 1 aromatic rings. The van der Waals surface area contributed by atoms with E-state index in [1.807, 2.05) is 18.8 Å². The maximum absolute atomic E-state index is 5.61. The van der Waals surface area contributed by atoms with Crippen LogP contribution in [0.2, 0.25) is 0 Å². The van der Waals surface area contributed by atoms with E-state index >= 15 is 0 Å². The first-order chi connectivity index (χ1) is 11.3. The minimum Gasteiger partial charge on any atom is -0.381 e. The molecule has 2 heterocycles. The van der Waals surface area contributed by atoms with E-state index in [0.717, 1.165) is 51.0 Å². The second kappa shape index (κ2) is 9.87. The number of halogens is 1. The number of aliphatic imine (C=N–C) groups is 1. The summed E-state index contributed by atoms with van der Waals surface area (Å²) >= 11 is 1.92. The zero-order valence-corrected chi connectivity index (χ0v) is 17.5. The summed E-state index contributed by atoms with van der Waals surface area (Å²) in [7, 11) is 1.89. The van der Waals surface area contributed by atoms with E-state index in [2.05, 4.69) is 45.5 Å². The lowest BCUT2D eigenvalue weighted by molar-refractivity contribution is 0.156. The highest BCUT2D eigenvalue weighted by Gasteiger charge is 2.42. The van der Waals surface area contributed by atoms with Crippen LogP contribution in [-0.4, -0.2) is 56.5 Å². The molecule has 134 valence electrons. The van der Waals surface area contributed by atoms with E-state index in [4.69, 9.17) is 4.74 Å². The molecule has 2 aliphatic rings. The Morgan fingerprint density at radius 2 is 2.17 bits per heavy atom. The second-order valence-electron chi connectivity index (χ2n) is 6.46. The fourth-order valence-corrected chi connectivity index (χ4v) is 4.27. The first-order valence-corrected chi connectivity index (χ1v) is 9.51. The van der Waals surface area contributed by atoms with Crippen LogP contribution in [0, 0.1) is 5.41 Å². The van der Waals surface area contributed by atoms with E-state index in [-0.39, 0.29) is 24.0 Å². The average Bonchev–Trinajstić information content (AvgIpc) is 3.22. The first kappa shape index (κ1) is 19.8. The molecule has 1 aromatic carbocycles. The van der Waals surface area contributed by atoms with E-state index < -0.39 is 0 Å². The van der Waals surface area contributed by atoms with Gasteiger partial charge < -0.3 is 15.0 Å². The van der Waals surface area contributed by atoms with Crippen LogP contribution in [0.15, 0.2) is 40.2 Å². The Kier molecular flexibility index (Phi) is 8.16. The lowest BCUT2D eigenvalue weighted by atomic mass is 9.87. The van der Waals surface area contributed by atoms with Gasteiger partial charge in [0.2, 0.25) is 0 Å². The topological polar surface area (TPSA) is 36.9 Å². The van der Waals surface area contributed by atoms with Gasteiger partial charge in [-0.2, -0.15) is 0 Å². The number of hydrogen-bond acceptors (Lipinski definition) is 3. The molecule has 2 aliphatic heterocycles. The van der Waals surface area contributed by atoms with Crippen molar-refractivity contribution in [2.75, 3.05) is 45.6 Å². The Morgan fingerprint density at radius 3 is 2.88 bits per heavy atom. The highest BCUT2D eigenvalue weighted by molar-refractivity contribution is 14.0. The number of benzene rings is 1. The Bertz CT molecular complexity index is 520. The number of nitrogens with one attached hydrogen (secondary N) is 1. The molecular weight excluding hydrogens is 433 g/mol. The minimum absolute atomic E-state index is 0. The summed E-state index contributed by atoms with van der Waals surface area (Å²) in [5.74, 6) is 2.18. The van der Waals surface area contributed by atoms with Gasteiger partial charge in [-0.3, -0.25) is 4.99 Å². The number of guanidine groups is 1. The summed E-state index contributed by atoms with van der Waals surface area (Å²) in [5.41, 5.74) is 0.390. The molecule has 2 fully saturated rings. The molecule has 3 rings (SSSR count). The van der Waals surface area contributed by atoms with Crippen LogP contribution in [0.3, 0.4) is 0 Å². The summed E-state index contributed by atoms with van der Waals surface area (Å²) in [6.07, 6.45) is 3.58. The molecule has 0 bridgehead atoms. The van der Waals surface area contributed by atoms with Gasteiger partial charge >= 0.3 is 0 Å². The molecule has 6 heteroatoms. The molecule has 0 amide bonds. The zero-order chi connectivity index (χ0) is 16.0. The summed E-state index contributed by atoms with van der Waals surface area (Å²) < 4.78 is 5.61. The van der Waals surface area contributed by atoms with E-state index in [1.54, 1.807) is 0 Å². The summed E-state index contributed by atoms with van der Waals surface area (Å²) in [4.78, 5) is 8.21. The lowest BCUT2D eigenvalue weighted by Gasteiger charge is -2.24. The maximum Gasteiger partial charge on any atom is 0.193 e. The van der Waals surface area contributed by atoms with Crippen molar-refractivity contribution in [2.24, 2.45) is 10.4 Å². The lowest BCUT2D eigenvalue weighted by Crippen LogP contribution is -2.41. The van der Waals surface area contributed by atoms with Gasteiger partial charge in [-0.25, -0.2) is 0 Å². The van der Waals surface area contributed by atoms with Crippen molar-refractivity contribution in [1.82, 2.24) is 10.2 Å². The number of hydrogen-bond donors (Lipinski definition) is 1. The van der Waals surface area contributed by atoms with Crippen molar-refractivity contribution >= 4 is 41.7 Å². The largest absolute Gasteiger partial charge is 0.381 e. The van der Waals surface area contributed by atoms with Crippen LogP contribution in [0.4, 0.5) is 0 Å². The molecule has 4 nitrogen and oxygen atoms in total. The zero-order valence-electron chi connectivity index (χ0n) is 14.4. The standard InChI is InChI=1S/C18H27N3OS.HI/c1-19-17(21-11-8-18(14-21)9-12-22-15-18)20-10-5-13-23-16-6-3-2-4-7-16;/h2-4,6-7H,5,8-15H2,1H3,(H,19,20);1H.